The van der Waals surface area contributed by atoms with Crippen molar-refractivity contribution in [2.75, 3.05) is 25.0 Å². The van der Waals surface area contributed by atoms with Crippen molar-refractivity contribution in [3.63, 3.8) is 0 Å². The molecule has 190 valence electrons. The number of nitrogens with zero attached hydrogens (tertiary/aromatic N) is 4. The molecule has 3 heterocycles. The van der Waals surface area contributed by atoms with E-state index in [1.807, 2.05) is 38.1 Å². The molecule has 5 nitrogen and oxygen atoms in total. The zero-order valence-corrected chi connectivity index (χ0v) is 23.2. The average molecular weight is 527 g/mol. The molecule has 0 N–H and O–H groups in total. The van der Waals surface area contributed by atoms with E-state index in [0.717, 1.165) is 33.4 Å². The fourth-order valence-corrected chi connectivity index (χ4v) is 5.77. The number of hydrogen-bond donors (Lipinski definition) is 0. The Bertz CT molecular complexity index is 1300. The highest BCUT2D eigenvalue weighted by molar-refractivity contribution is 7.99. The summed E-state index contributed by atoms with van der Waals surface area (Å²) in [5, 5.41) is 1.52. The molecule has 5 rings (SSSR count). The van der Waals surface area contributed by atoms with Crippen molar-refractivity contribution >= 4 is 40.9 Å². The first kappa shape index (κ1) is 26.3. The second kappa shape index (κ2) is 10.3. The highest BCUT2D eigenvalue weighted by Gasteiger charge is 2.43. The van der Waals surface area contributed by atoms with E-state index in [2.05, 4.69) is 30.2 Å². The summed E-state index contributed by atoms with van der Waals surface area (Å²) >= 11 is 7.59. The Balaban J connectivity index is 0.00000148. The first-order valence-electron chi connectivity index (χ1n) is 12.2. The Labute approximate surface area is 222 Å². The summed E-state index contributed by atoms with van der Waals surface area (Å²) in [6.45, 7) is 12.5. The summed E-state index contributed by atoms with van der Waals surface area (Å²) in [5.41, 5.74) is 3.64. The molecular formula is C28H32ClFN4OS. The molecule has 0 radical (unpaired) electrons. The standard InChI is InChI=1S/C26H26ClFN4OS.C2H6/c1-16-22-21(23(33)30(4)25-29-14-26(2,3)15-32(22)25)24(34-20-11-9-19(28)10-12-20)31(16)13-17-5-7-18(27)8-6-17;1-2/h5-12H,13-15H2,1-4H3;1-2H3. The number of fused-ring (bicyclic) bond motifs is 3. The average Bonchev–Trinajstić information content (AvgIpc) is 3.12. The van der Waals surface area contributed by atoms with Crippen LogP contribution >= 0.6 is 23.4 Å². The highest BCUT2D eigenvalue weighted by Crippen LogP contribution is 2.45. The van der Waals surface area contributed by atoms with Gasteiger partial charge >= 0.3 is 0 Å². The number of amides is 1. The number of anilines is 1. The Morgan fingerprint density at radius 2 is 1.72 bits per heavy atom. The fourth-order valence-electron chi connectivity index (χ4n) is 4.55. The second-order valence-corrected chi connectivity index (χ2v) is 11.1. The number of hydrogen-bond acceptors (Lipinski definition) is 4. The Kier molecular flexibility index (Phi) is 7.53. The molecule has 0 saturated heterocycles. The lowest BCUT2D eigenvalue weighted by Gasteiger charge is -2.43. The Hall–Kier alpha value is -2.77. The van der Waals surface area contributed by atoms with Gasteiger partial charge in [0.15, 0.2) is 0 Å². The predicted octanol–water partition coefficient (Wildman–Crippen LogP) is 7.10. The molecule has 0 unspecified atom stereocenters. The van der Waals surface area contributed by atoms with Crippen LogP contribution in [0, 0.1) is 18.2 Å². The quantitative estimate of drug-likeness (QED) is 0.364. The van der Waals surface area contributed by atoms with Gasteiger partial charge in [0.2, 0.25) is 5.96 Å². The van der Waals surface area contributed by atoms with E-state index in [9.17, 15) is 9.18 Å². The molecule has 1 aromatic heterocycles. The van der Waals surface area contributed by atoms with Gasteiger partial charge in [-0.2, -0.15) is 0 Å². The van der Waals surface area contributed by atoms with Crippen molar-refractivity contribution in [3.05, 3.63) is 76.2 Å². The first-order chi connectivity index (χ1) is 17.1. The third-order valence-electron chi connectivity index (χ3n) is 6.29. The number of carbonyl (C=O) groups excluding carboxylic acids is 1. The number of carbonyl (C=O) groups is 1. The lowest BCUT2D eigenvalue weighted by atomic mass is 9.90. The van der Waals surface area contributed by atoms with Gasteiger partial charge in [0.1, 0.15) is 5.82 Å². The van der Waals surface area contributed by atoms with Crippen LogP contribution in [0.1, 0.15) is 49.3 Å². The third kappa shape index (κ3) is 4.91. The molecular weight excluding hydrogens is 495 g/mol. The van der Waals surface area contributed by atoms with Crippen LogP contribution in [0.25, 0.3) is 0 Å². The highest BCUT2D eigenvalue weighted by atomic mass is 35.5. The van der Waals surface area contributed by atoms with E-state index < -0.39 is 0 Å². The number of aromatic nitrogens is 1. The number of guanidine groups is 1. The van der Waals surface area contributed by atoms with Gasteiger partial charge in [-0.3, -0.25) is 14.7 Å². The Morgan fingerprint density at radius 3 is 2.36 bits per heavy atom. The maximum Gasteiger partial charge on any atom is 0.265 e. The largest absolute Gasteiger partial charge is 0.333 e. The van der Waals surface area contributed by atoms with Crippen molar-refractivity contribution in [1.82, 2.24) is 9.47 Å². The van der Waals surface area contributed by atoms with Crippen LogP contribution < -0.4 is 4.90 Å². The maximum atomic E-state index is 13.7. The summed E-state index contributed by atoms with van der Waals surface area (Å²) < 4.78 is 15.7. The van der Waals surface area contributed by atoms with Crippen molar-refractivity contribution in [3.8, 4) is 0 Å². The molecule has 0 saturated carbocycles. The van der Waals surface area contributed by atoms with Gasteiger partial charge in [-0.25, -0.2) is 4.39 Å². The van der Waals surface area contributed by atoms with Gasteiger partial charge in [-0.1, -0.05) is 63.2 Å². The van der Waals surface area contributed by atoms with E-state index in [-0.39, 0.29) is 17.1 Å². The lowest BCUT2D eigenvalue weighted by molar-refractivity contribution is 0.0857. The number of halogens is 2. The van der Waals surface area contributed by atoms with Crippen LogP contribution in [-0.2, 0) is 6.54 Å². The van der Waals surface area contributed by atoms with Gasteiger partial charge in [0.25, 0.3) is 5.91 Å². The van der Waals surface area contributed by atoms with E-state index in [1.165, 1.54) is 23.9 Å². The van der Waals surface area contributed by atoms with E-state index in [0.29, 0.717) is 29.6 Å². The van der Waals surface area contributed by atoms with Crippen molar-refractivity contribution < 1.29 is 9.18 Å². The van der Waals surface area contributed by atoms with E-state index in [4.69, 9.17) is 16.6 Å². The minimum atomic E-state index is -0.286. The van der Waals surface area contributed by atoms with Crippen molar-refractivity contribution in [2.45, 2.75) is 51.1 Å². The molecule has 2 aliphatic heterocycles. The minimum Gasteiger partial charge on any atom is -0.333 e. The third-order valence-corrected chi connectivity index (χ3v) is 7.67. The molecule has 36 heavy (non-hydrogen) atoms. The molecule has 0 fully saturated rings. The van der Waals surface area contributed by atoms with Gasteiger partial charge in [0.05, 0.1) is 16.3 Å². The smallest absolute Gasteiger partial charge is 0.265 e. The molecule has 0 bridgehead atoms. The molecule has 1 amide bonds. The molecule has 0 aliphatic carbocycles. The summed E-state index contributed by atoms with van der Waals surface area (Å²) in [5.74, 6) is 0.334. The SMILES string of the molecule is CC.Cc1c2c(c(Sc3ccc(F)cc3)n1Cc1ccc(Cl)cc1)C(=O)N(C)C1=NCC(C)(C)CN12. The number of benzene rings is 2. The number of rotatable bonds is 4. The van der Waals surface area contributed by atoms with Crippen molar-refractivity contribution in [2.24, 2.45) is 10.4 Å². The summed E-state index contributed by atoms with van der Waals surface area (Å²) in [6.07, 6.45) is 0. The van der Waals surface area contributed by atoms with E-state index in [1.54, 1.807) is 24.1 Å². The summed E-state index contributed by atoms with van der Waals surface area (Å²) in [6, 6.07) is 14.1. The van der Waals surface area contributed by atoms with Crippen LogP contribution in [0.2, 0.25) is 5.02 Å². The zero-order valence-electron chi connectivity index (χ0n) is 21.6. The second-order valence-electron chi connectivity index (χ2n) is 9.61. The molecule has 8 heteroatoms. The fraction of sp³-hybridized carbons (Fsp3) is 0.357. The summed E-state index contributed by atoms with van der Waals surface area (Å²) in [4.78, 5) is 23.2. The minimum absolute atomic E-state index is 0.0169. The van der Waals surface area contributed by atoms with Crippen LogP contribution in [0.15, 0.2) is 63.4 Å². The van der Waals surface area contributed by atoms with E-state index >= 15 is 0 Å². The zero-order chi connectivity index (χ0) is 26.2. The monoisotopic (exact) mass is 526 g/mol. The number of aliphatic imine (C=N–C) groups is 1. The van der Waals surface area contributed by atoms with Gasteiger partial charge in [0, 0.05) is 47.7 Å². The molecule has 3 aromatic rings. The van der Waals surface area contributed by atoms with Gasteiger partial charge in [-0.15, -0.1) is 0 Å². The Morgan fingerprint density at radius 1 is 1.08 bits per heavy atom. The molecule has 2 aliphatic rings. The van der Waals surface area contributed by atoms with Crippen LogP contribution in [0.4, 0.5) is 10.1 Å². The van der Waals surface area contributed by atoms with Crippen LogP contribution in [0.3, 0.4) is 0 Å². The normalized spacial score (nSPS) is 16.1. The van der Waals surface area contributed by atoms with Gasteiger partial charge in [-0.05, 0) is 48.9 Å². The van der Waals surface area contributed by atoms with Gasteiger partial charge < -0.3 is 9.47 Å². The van der Waals surface area contributed by atoms with Crippen LogP contribution in [0.5, 0.6) is 0 Å². The van der Waals surface area contributed by atoms with Crippen LogP contribution in [-0.4, -0.2) is 41.5 Å². The maximum absolute atomic E-state index is 13.7. The lowest BCUT2D eigenvalue weighted by Crippen LogP contribution is -2.56. The summed E-state index contributed by atoms with van der Waals surface area (Å²) in [7, 11) is 1.79. The predicted molar refractivity (Wildman–Crippen MR) is 147 cm³/mol. The molecule has 0 spiro atoms. The first-order valence-corrected chi connectivity index (χ1v) is 13.3. The topological polar surface area (TPSA) is 40.8 Å². The molecule has 0 atom stereocenters. The van der Waals surface area contributed by atoms with Crippen molar-refractivity contribution in [1.29, 1.82) is 0 Å². The molecule has 2 aromatic carbocycles.